The SMILES string of the molecule is CCCC(CC)Nc1ccc(C)cc1OCCOC. The number of nitrogens with one attached hydrogen (secondary N) is 1. The van der Waals surface area contributed by atoms with Crippen LogP contribution >= 0.6 is 0 Å². The van der Waals surface area contributed by atoms with Crippen LogP contribution in [0.5, 0.6) is 5.75 Å². The van der Waals surface area contributed by atoms with Crippen molar-refractivity contribution in [3.8, 4) is 5.75 Å². The highest BCUT2D eigenvalue weighted by molar-refractivity contribution is 5.58. The highest BCUT2D eigenvalue weighted by atomic mass is 16.5. The van der Waals surface area contributed by atoms with Crippen molar-refractivity contribution in [2.24, 2.45) is 0 Å². The lowest BCUT2D eigenvalue weighted by molar-refractivity contribution is 0.146. The van der Waals surface area contributed by atoms with E-state index in [1.54, 1.807) is 7.11 Å². The van der Waals surface area contributed by atoms with Crippen molar-refractivity contribution < 1.29 is 9.47 Å². The summed E-state index contributed by atoms with van der Waals surface area (Å²) in [4.78, 5) is 0. The molecule has 1 rings (SSSR count). The van der Waals surface area contributed by atoms with E-state index in [2.05, 4.69) is 44.3 Å². The van der Waals surface area contributed by atoms with Gasteiger partial charge in [-0.1, -0.05) is 26.3 Å². The molecule has 19 heavy (non-hydrogen) atoms. The van der Waals surface area contributed by atoms with Gasteiger partial charge >= 0.3 is 0 Å². The minimum Gasteiger partial charge on any atom is -0.489 e. The fraction of sp³-hybridized carbons (Fsp3) is 0.625. The molecule has 3 heteroatoms. The molecule has 0 spiro atoms. The summed E-state index contributed by atoms with van der Waals surface area (Å²) >= 11 is 0. The molecule has 1 unspecified atom stereocenters. The van der Waals surface area contributed by atoms with Crippen LogP contribution in [-0.4, -0.2) is 26.4 Å². The summed E-state index contributed by atoms with van der Waals surface area (Å²) < 4.78 is 10.8. The highest BCUT2D eigenvalue weighted by Crippen LogP contribution is 2.27. The standard InChI is InChI=1S/C16H27NO2/c1-5-7-14(6-2)17-15-9-8-13(3)12-16(15)19-11-10-18-4/h8-9,12,14,17H,5-7,10-11H2,1-4H3. The normalized spacial score (nSPS) is 12.2. The summed E-state index contributed by atoms with van der Waals surface area (Å²) in [7, 11) is 1.69. The van der Waals surface area contributed by atoms with Crippen LogP contribution in [0.25, 0.3) is 0 Å². The molecule has 3 nitrogen and oxygen atoms in total. The largest absolute Gasteiger partial charge is 0.489 e. The number of anilines is 1. The van der Waals surface area contributed by atoms with Crippen molar-refractivity contribution in [2.45, 2.75) is 46.1 Å². The van der Waals surface area contributed by atoms with Gasteiger partial charge in [0, 0.05) is 13.2 Å². The van der Waals surface area contributed by atoms with Crippen LogP contribution in [0.3, 0.4) is 0 Å². The fourth-order valence-corrected chi connectivity index (χ4v) is 2.05. The number of ether oxygens (including phenoxy) is 2. The van der Waals surface area contributed by atoms with Crippen LogP contribution in [0.15, 0.2) is 18.2 Å². The molecule has 0 amide bonds. The molecule has 0 aromatic heterocycles. The van der Waals surface area contributed by atoms with E-state index in [0.29, 0.717) is 19.3 Å². The third kappa shape index (κ3) is 5.52. The zero-order chi connectivity index (χ0) is 14.1. The number of methoxy groups -OCH3 is 1. The second kappa shape index (κ2) is 8.81. The molecule has 0 aliphatic carbocycles. The van der Waals surface area contributed by atoms with Crippen LogP contribution in [-0.2, 0) is 4.74 Å². The third-order valence-electron chi connectivity index (χ3n) is 3.17. The molecule has 0 aliphatic rings. The van der Waals surface area contributed by atoms with Crippen LogP contribution in [0.1, 0.15) is 38.7 Å². The average Bonchev–Trinajstić information content (AvgIpc) is 2.41. The fourth-order valence-electron chi connectivity index (χ4n) is 2.05. The molecule has 0 heterocycles. The van der Waals surface area contributed by atoms with Gasteiger partial charge < -0.3 is 14.8 Å². The summed E-state index contributed by atoms with van der Waals surface area (Å²) in [5, 5.41) is 3.59. The van der Waals surface area contributed by atoms with E-state index in [0.717, 1.165) is 17.9 Å². The molecule has 0 aliphatic heterocycles. The number of rotatable bonds is 9. The minimum absolute atomic E-state index is 0.512. The lowest BCUT2D eigenvalue weighted by atomic mass is 10.1. The molecule has 0 saturated carbocycles. The van der Waals surface area contributed by atoms with Gasteiger partial charge in [-0.3, -0.25) is 0 Å². The Labute approximate surface area is 117 Å². The lowest BCUT2D eigenvalue weighted by Gasteiger charge is -2.20. The van der Waals surface area contributed by atoms with Gasteiger partial charge in [-0.25, -0.2) is 0 Å². The van der Waals surface area contributed by atoms with E-state index in [9.17, 15) is 0 Å². The predicted octanol–water partition coefficient (Wildman–Crippen LogP) is 4.01. The topological polar surface area (TPSA) is 30.5 Å². The van der Waals surface area contributed by atoms with Gasteiger partial charge in [-0.05, 0) is 37.5 Å². The Morgan fingerprint density at radius 1 is 1.21 bits per heavy atom. The van der Waals surface area contributed by atoms with Gasteiger partial charge in [0.05, 0.1) is 12.3 Å². The number of hydrogen-bond acceptors (Lipinski definition) is 3. The van der Waals surface area contributed by atoms with Crippen LogP contribution in [0.4, 0.5) is 5.69 Å². The number of benzene rings is 1. The summed E-state index contributed by atoms with van der Waals surface area (Å²) in [6.07, 6.45) is 3.50. The van der Waals surface area contributed by atoms with Crippen molar-refractivity contribution in [1.82, 2.24) is 0 Å². The van der Waals surface area contributed by atoms with Gasteiger partial charge in [0.1, 0.15) is 12.4 Å². The first-order valence-electron chi connectivity index (χ1n) is 7.20. The van der Waals surface area contributed by atoms with E-state index in [1.165, 1.54) is 18.4 Å². The van der Waals surface area contributed by atoms with Gasteiger partial charge in [-0.2, -0.15) is 0 Å². The molecule has 1 aromatic rings. The first-order valence-corrected chi connectivity index (χ1v) is 7.20. The maximum Gasteiger partial charge on any atom is 0.142 e. The first-order chi connectivity index (χ1) is 9.21. The maximum absolute atomic E-state index is 5.79. The average molecular weight is 265 g/mol. The predicted molar refractivity (Wildman–Crippen MR) is 81.2 cm³/mol. The molecule has 108 valence electrons. The lowest BCUT2D eigenvalue weighted by Crippen LogP contribution is -2.19. The molecular formula is C16H27NO2. The van der Waals surface area contributed by atoms with Crippen molar-refractivity contribution in [3.63, 3.8) is 0 Å². The van der Waals surface area contributed by atoms with E-state index in [-0.39, 0.29) is 0 Å². The van der Waals surface area contributed by atoms with Crippen molar-refractivity contribution in [2.75, 3.05) is 25.6 Å². The Balaban J connectivity index is 2.74. The van der Waals surface area contributed by atoms with Crippen LogP contribution in [0.2, 0.25) is 0 Å². The van der Waals surface area contributed by atoms with E-state index in [1.807, 2.05) is 0 Å². The Kier molecular flexibility index (Phi) is 7.34. The molecule has 0 fully saturated rings. The number of hydrogen-bond donors (Lipinski definition) is 1. The third-order valence-corrected chi connectivity index (χ3v) is 3.17. The summed E-state index contributed by atoms with van der Waals surface area (Å²) in [6.45, 7) is 7.71. The zero-order valence-corrected chi connectivity index (χ0v) is 12.7. The highest BCUT2D eigenvalue weighted by Gasteiger charge is 2.09. The van der Waals surface area contributed by atoms with Crippen molar-refractivity contribution in [1.29, 1.82) is 0 Å². The Morgan fingerprint density at radius 2 is 2.00 bits per heavy atom. The van der Waals surface area contributed by atoms with E-state index >= 15 is 0 Å². The molecule has 1 aromatic carbocycles. The quantitative estimate of drug-likeness (QED) is 0.684. The van der Waals surface area contributed by atoms with Gasteiger partial charge in [-0.15, -0.1) is 0 Å². The monoisotopic (exact) mass is 265 g/mol. The van der Waals surface area contributed by atoms with Crippen LogP contribution < -0.4 is 10.1 Å². The first kappa shape index (κ1) is 15.8. The van der Waals surface area contributed by atoms with E-state index < -0.39 is 0 Å². The smallest absolute Gasteiger partial charge is 0.142 e. The molecule has 1 atom stereocenters. The van der Waals surface area contributed by atoms with Gasteiger partial charge in [0.15, 0.2) is 0 Å². The zero-order valence-electron chi connectivity index (χ0n) is 12.7. The molecule has 0 bridgehead atoms. The summed E-state index contributed by atoms with van der Waals surface area (Å²) in [5.41, 5.74) is 2.29. The Morgan fingerprint density at radius 3 is 2.63 bits per heavy atom. The van der Waals surface area contributed by atoms with Crippen molar-refractivity contribution in [3.05, 3.63) is 23.8 Å². The van der Waals surface area contributed by atoms with E-state index in [4.69, 9.17) is 9.47 Å². The van der Waals surface area contributed by atoms with Gasteiger partial charge in [0.25, 0.3) is 0 Å². The second-order valence-electron chi connectivity index (χ2n) is 4.88. The van der Waals surface area contributed by atoms with Crippen LogP contribution in [0, 0.1) is 6.92 Å². The van der Waals surface area contributed by atoms with Crippen molar-refractivity contribution >= 4 is 5.69 Å². The maximum atomic E-state index is 5.79. The molecule has 1 N–H and O–H groups in total. The molecule has 0 radical (unpaired) electrons. The minimum atomic E-state index is 0.512. The summed E-state index contributed by atoms with van der Waals surface area (Å²) in [5.74, 6) is 0.923. The molecular weight excluding hydrogens is 238 g/mol. The molecule has 0 saturated heterocycles. The summed E-state index contributed by atoms with van der Waals surface area (Å²) in [6, 6.07) is 6.81. The van der Waals surface area contributed by atoms with Gasteiger partial charge in [0.2, 0.25) is 0 Å². The Hall–Kier alpha value is -1.22. The second-order valence-corrected chi connectivity index (χ2v) is 4.88. The Bertz CT molecular complexity index is 366. The number of aryl methyl sites for hydroxylation is 1.